The molecule has 1 aromatic rings. The van der Waals surface area contributed by atoms with Crippen LogP contribution < -0.4 is 0 Å². The van der Waals surface area contributed by atoms with Crippen LogP contribution in [0.15, 0.2) is 30.3 Å². The molecule has 0 radical (unpaired) electrons. The molecule has 0 aliphatic rings. The van der Waals surface area contributed by atoms with Gasteiger partial charge in [-0.25, -0.2) is 0 Å². The van der Waals surface area contributed by atoms with E-state index >= 15 is 0 Å². The number of hydrogen-bond acceptors (Lipinski definition) is 3. The molecule has 2 N–H and O–H groups in total. The highest BCUT2D eigenvalue weighted by Crippen LogP contribution is 2.00. The standard InChI is InChI=1S/C9H12O3/c10-9(11)7-12-6-8-4-2-1-3-5-8/h1-5,9-11H,6-7H2. The molecule has 0 atom stereocenters. The Balaban J connectivity index is 2.25. The van der Waals surface area contributed by atoms with Crippen molar-refractivity contribution < 1.29 is 14.9 Å². The van der Waals surface area contributed by atoms with Gasteiger partial charge < -0.3 is 14.9 Å². The second-order valence-corrected chi connectivity index (χ2v) is 2.48. The highest BCUT2D eigenvalue weighted by Gasteiger charge is 1.96. The Labute approximate surface area is 71.2 Å². The summed E-state index contributed by atoms with van der Waals surface area (Å²) < 4.78 is 4.98. The molecule has 0 spiro atoms. The van der Waals surface area contributed by atoms with Gasteiger partial charge in [0.15, 0.2) is 6.29 Å². The first-order valence-electron chi connectivity index (χ1n) is 3.77. The van der Waals surface area contributed by atoms with Crippen LogP contribution in [-0.2, 0) is 11.3 Å². The van der Waals surface area contributed by atoms with Crippen LogP contribution in [-0.4, -0.2) is 23.1 Å². The van der Waals surface area contributed by atoms with Crippen LogP contribution in [0.25, 0.3) is 0 Å². The third-order valence-electron chi connectivity index (χ3n) is 1.38. The van der Waals surface area contributed by atoms with Crippen LogP contribution in [0.2, 0.25) is 0 Å². The van der Waals surface area contributed by atoms with Gasteiger partial charge in [-0.1, -0.05) is 30.3 Å². The maximum atomic E-state index is 8.46. The van der Waals surface area contributed by atoms with Gasteiger partial charge in [0.1, 0.15) is 0 Å². The van der Waals surface area contributed by atoms with E-state index in [1.807, 2.05) is 30.3 Å². The Bertz CT molecular complexity index is 208. The lowest BCUT2D eigenvalue weighted by atomic mass is 10.2. The molecule has 0 aromatic heterocycles. The summed E-state index contributed by atoms with van der Waals surface area (Å²) in [6.07, 6.45) is -1.38. The summed E-state index contributed by atoms with van der Waals surface area (Å²) >= 11 is 0. The Morgan fingerprint density at radius 1 is 1.17 bits per heavy atom. The molecule has 66 valence electrons. The molecule has 0 aliphatic heterocycles. The SMILES string of the molecule is OC(O)COCc1ccccc1. The summed E-state index contributed by atoms with van der Waals surface area (Å²) in [6, 6.07) is 9.58. The lowest BCUT2D eigenvalue weighted by molar-refractivity contribution is -0.0981. The Morgan fingerprint density at radius 2 is 1.83 bits per heavy atom. The van der Waals surface area contributed by atoms with Gasteiger partial charge in [-0.15, -0.1) is 0 Å². The predicted octanol–water partition coefficient (Wildman–Crippen LogP) is 0.514. The molecule has 1 rings (SSSR count). The minimum atomic E-state index is -1.38. The topological polar surface area (TPSA) is 49.7 Å². The van der Waals surface area contributed by atoms with Crippen molar-refractivity contribution in [3.8, 4) is 0 Å². The molecule has 3 nitrogen and oxygen atoms in total. The zero-order chi connectivity index (χ0) is 8.81. The van der Waals surface area contributed by atoms with Gasteiger partial charge in [-0.3, -0.25) is 0 Å². The van der Waals surface area contributed by atoms with E-state index in [1.54, 1.807) is 0 Å². The van der Waals surface area contributed by atoms with Gasteiger partial charge in [-0.05, 0) is 5.56 Å². The van der Waals surface area contributed by atoms with Gasteiger partial charge in [0, 0.05) is 0 Å². The highest BCUT2D eigenvalue weighted by molar-refractivity contribution is 5.13. The quantitative estimate of drug-likeness (QED) is 0.644. The van der Waals surface area contributed by atoms with Crippen LogP contribution in [0.1, 0.15) is 5.56 Å². The van der Waals surface area contributed by atoms with Gasteiger partial charge in [0.2, 0.25) is 0 Å². The second kappa shape index (κ2) is 4.87. The van der Waals surface area contributed by atoms with Gasteiger partial charge in [0.05, 0.1) is 13.2 Å². The van der Waals surface area contributed by atoms with Crippen molar-refractivity contribution in [2.45, 2.75) is 12.9 Å². The van der Waals surface area contributed by atoms with Crippen LogP contribution in [0, 0.1) is 0 Å². The molecule has 1 aromatic carbocycles. The molecule has 0 aliphatic carbocycles. The fourth-order valence-corrected chi connectivity index (χ4v) is 0.856. The Morgan fingerprint density at radius 3 is 2.42 bits per heavy atom. The summed E-state index contributed by atoms with van der Waals surface area (Å²) in [6.45, 7) is 0.368. The van der Waals surface area contributed by atoms with Crippen molar-refractivity contribution in [1.29, 1.82) is 0 Å². The molecular formula is C9H12O3. The van der Waals surface area contributed by atoms with E-state index in [9.17, 15) is 0 Å². The molecule has 0 amide bonds. The van der Waals surface area contributed by atoms with E-state index < -0.39 is 6.29 Å². The number of aliphatic hydroxyl groups excluding tert-OH is 1. The predicted molar refractivity (Wildman–Crippen MR) is 44.3 cm³/mol. The normalized spacial score (nSPS) is 10.6. The molecule has 0 unspecified atom stereocenters. The van der Waals surface area contributed by atoms with Crippen LogP contribution in [0.5, 0.6) is 0 Å². The third-order valence-corrected chi connectivity index (χ3v) is 1.38. The molecule has 0 saturated heterocycles. The smallest absolute Gasteiger partial charge is 0.175 e. The number of rotatable bonds is 4. The maximum Gasteiger partial charge on any atom is 0.175 e. The second-order valence-electron chi connectivity index (χ2n) is 2.48. The lowest BCUT2D eigenvalue weighted by Crippen LogP contribution is -2.13. The number of hydrogen-bond donors (Lipinski definition) is 2. The first kappa shape index (κ1) is 9.19. The van der Waals surface area contributed by atoms with E-state index in [4.69, 9.17) is 14.9 Å². The van der Waals surface area contributed by atoms with E-state index in [0.717, 1.165) is 5.56 Å². The first-order chi connectivity index (χ1) is 5.79. The van der Waals surface area contributed by atoms with Crippen molar-refractivity contribution in [1.82, 2.24) is 0 Å². The molecule has 0 fully saturated rings. The Hall–Kier alpha value is -0.900. The van der Waals surface area contributed by atoms with Crippen molar-refractivity contribution in [2.75, 3.05) is 6.61 Å². The largest absolute Gasteiger partial charge is 0.372 e. The van der Waals surface area contributed by atoms with Crippen LogP contribution in [0.4, 0.5) is 0 Å². The van der Waals surface area contributed by atoms with Gasteiger partial charge in [-0.2, -0.15) is 0 Å². The summed E-state index contributed by atoms with van der Waals surface area (Å²) in [4.78, 5) is 0. The minimum Gasteiger partial charge on any atom is -0.372 e. The zero-order valence-electron chi connectivity index (χ0n) is 6.68. The average Bonchev–Trinajstić information content (AvgIpc) is 2.05. The highest BCUT2D eigenvalue weighted by atomic mass is 16.5. The van der Waals surface area contributed by atoms with Crippen molar-refractivity contribution in [3.63, 3.8) is 0 Å². The van der Waals surface area contributed by atoms with E-state index in [-0.39, 0.29) is 6.61 Å². The van der Waals surface area contributed by atoms with Crippen LogP contribution >= 0.6 is 0 Å². The monoisotopic (exact) mass is 168 g/mol. The van der Waals surface area contributed by atoms with E-state index in [1.165, 1.54) is 0 Å². The molecule has 0 bridgehead atoms. The van der Waals surface area contributed by atoms with E-state index in [0.29, 0.717) is 6.61 Å². The van der Waals surface area contributed by atoms with Gasteiger partial charge in [0.25, 0.3) is 0 Å². The first-order valence-corrected chi connectivity index (χ1v) is 3.77. The third kappa shape index (κ3) is 3.48. The summed E-state index contributed by atoms with van der Waals surface area (Å²) in [5, 5.41) is 16.9. The molecule has 12 heavy (non-hydrogen) atoms. The minimum absolute atomic E-state index is 0.0467. The summed E-state index contributed by atoms with van der Waals surface area (Å²) in [7, 11) is 0. The molecule has 0 heterocycles. The molecule has 3 heteroatoms. The Kier molecular flexibility index (Phi) is 3.73. The van der Waals surface area contributed by atoms with Crippen LogP contribution in [0.3, 0.4) is 0 Å². The van der Waals surface area contributed by atoms with Crippen molar-refractivity contribution in [2.24, 2.45) is 0 Å². The van der Waals surface area contributed by atoms with E-state index in [2.05, 4.69) is 0 Å². The summed E-state index contributed by atoms with van der Waals surface area (Å²) in [5.74, 6) is 0. The van der Waals surface area contributed by atoms with Crippen molar-refractivity contribution in [3.05, 3.63) is 35.9 Å². The lowest BCUT2D eigenvalue weighted by Gasteiger charge is -2.04. The maximum absolute atomic E-state index is 8.46. The number of benzene rings is 1. The fourth-order valence-electron chi connectivity index (χ4n) is 0.856. The zero-order valence-corrected chi connectivity index (χ0v) is 6.68. The summed E-state index contributed by atoms with van der Waals surface area (Å²) in [5.41, 5.74) is 1.03. The number of aliphatic hydroxyl groups is 2. The number of ether oxygens (including phenoxy) is 1. The molecular weight excluding hydrogens is 156 g/mol. The van der Waals surface area contributed by atoms with Gasteiger partial charge >= 0.3 is 0 Å². The van der Waals surface area contributed by atoms with Crippen molar-refractivity contribution >= 4 is 0 Å². The average molecular weight is 168 g/mol. The fraction of sp³-hybridized carbons (Fsp3) is 0.333. The molecule has 0 saturated carbocycles.